The first-order chi connectivity index (χ1) is 11.1. The number of amides is 1. The molecule has 2 aromatic rings. The number of ether oxygens (including phenoxy) is 1. The summed E-state index contributed by atoms with van der Waals surface area (Å²) >= 11 is 0. The van der Waals surface area contributed by atoms with E-state index in [1.807, 2.05) is 61.5 Å². The van der Waals surface area contributed by atoms with Crippen molar-refractivity contribution in [2.45, 2.75) is 20.0 Å². The fraction of sp³-hybridized carbons (Fsp3) is 0.222. The summed E-state index contributed by atoms with van der Waals surface area (Å²) < 4.78 is 5.12. The van der Waals surface area contributed by atoms with E-state index < -0.39 is 6.09 Å². The van der Waals surface area contributed by atoms with Gasteiger partial charge in [0.05, 0.1) is 11.4 Å². The summed E-state index contributed by atoms with van der Waals surface area (Å²) in [6, 6.07) is 13.3. The lowest BCUT2D eigenvalue weighted by molar-refractivity contribution is 0.140. The summed E-state index contributed by atoms with van der Waals surface area (Å²) in [6.07, 6.45) is 4.04. The Hall–Kier alpha value is -2.82. The van der Waals surface area contributed by atoms with Crippen LogP contribution in [0.2, 0.25) is 0 Å². The zero-order valence-electron chi connectivity index (χ0n) is 13.2. The SMILES string of the molecule is Cc1ccc(N)c(C=CCCNC(=O)OCc2ccccc2)n1. The number of hydrogen-bond acceptors (Lipinski definition) is 4. The first-order valence-electron chi connectivity index (χ1n) is 7.49. The number of aromatic nitrogens is 1. The first-order valence-corrected chi connectivity index (χ1v) is 7.49. The average molecular weight is 311 g/mol. The molecule has 0 saturated carbocycles. The third-order valence-corrected chi connectivity index (χ3v) is 3.17. The highest BCUT2D eigenvalue weighted by molar-refractivity contribution is 5.67. The topological polar surface area (TPSA) is 77.2 Å². The number of nitrogen functional groups attached to an aromatic ring is 1. The molecule has 0 aliphatic carbocycles. The number of nitrogens with zero attached hydrogens (tertiary/aromatic N) is 1. The molecule has 0 aliphatic rings. The maximum absolute atomic E-state index is 11.6. The minimum absolute atomic E-state index is 0.270. The Morgan fingerprint density at radius 2 is 2.04 bits per heavy atom. The molecule has 1 aromatic heterocycles. The van der Waals surface area contributed by atoms with Crippen molar-refractivity contribution in [3.8, 4) is 0 Å². The van der Waals surface area contributed by atoms with Crippen LogP contribution in [0, 0.1) is 6.92 Å². The Labute approximate surface area is 136 Å². The quantitative estimate of drug-likeness (QED) is 0.802. The Morgan fingerprint density at radius 3 is 2.83 bits per heavy atom. The second-order valence-corrected chi connectivity index (χ2v) is 5.11. The normalized spacial score (nSPS) is 10.7. The predicted octanol–water partition coefficient (Wildman–Crippen LogP) is 3.30. The van der Waals surface area contributed by atoms with E-state index >= 15 is 0 Å². The number of hydrogen-bond donors (Lipinski definition) is 2. The molecule has 2 rings (SSSR count). The second kappa shape index (κ2) is 8.58. The van der Waals surface area contributed by atoms with Crippen LogP contribution in [0.4, 0.5) is 10.5 Å². The smallest absolute Gasteiger partial charge is 0.407 e. The zero-order valence-corrected chi connectivity index (χ0v) is 13.2. The van der Waals surface area contributed by atoms with Crippen molar-refractivity contribution < 1.29 is 9.53 Å². The minimum Gasteiger partial charge on any atom is -0.445 e. The lowest BCUT2D eigenvalue weighted by Crippen LogP contribution is -2.24. The third kappa shape index (κ3) is 5.82. The van der Waals surface area contributed by atoms with Gasteiger partial charge in [-0.05, 0) is 37.1 Å². The van der Waals surface area contributed by atoms with Crippen molar-refractivity contribution in [1.29, 1.82) is 0 Å². The van der Waals surface area contributed by atoms with Gasteiger partial charge in [-0.15, -0.1) is 0 Å². The van der Waals surface area contributed by atoms with Gasteiger partial charge in [-0.2, -0.15) is 0 Å². The Balaban J connectivity index is 1.67. The predicted molar refractivity (Wildman–Crippen MR) is 91.7 cm³/mol. The highest BCUT2D eigenvalue weighted by atomic mass is 16.5. The van der Waals surface area contributed by atoms with Crippen LogP contribution in [0.25, 0.3) is 6.08 Å². The highest BCUT2D eigenvalue weighted by Crippen LogP contribution is 2.11. The zero-order chi connectivity index (χ0) is 16.5. The third-order valence-electron chi connectivity index (χ3n) is 3.17. The Bertz CT molecular complexity index is 669. The molecule has 0 saturated heterocycles. The summed E-state index contributed by atoms with van der Waals surface area (Å²) in [6.45, 7) is 2.68. The van der Waals surface area contributed by atoms with Crippen molar-refractivity contribution in [3.05, 3.63) is 65.5 Å². The van der Waals surface area contributed by atoms with Gasteiger partial charge < -0.3 is 15.8 Å². The molecule has 0 fully saturated rings. The van der Waals surface area contributed by atoms with Crippen LogP contribution >= 0.6 is 0 Å². The Kier molecular flexibility index (Phi) is 6.17. The van der Waals surface area contributed by atoms with Gasteiger partial charge in [0.2, 0.25) is 0 Å². The molecule has 0 aliphatic heterocycles. The molecular weight excluding hydrogens is 290 g/mol. The standard InChI is InChI=1S/C18H21N3O2/c1-14-10-11-16(19)17(21-14)9-5-6-12-20-18(22)23-13-15-7-3-2-4-8-15/h2-5,7-11H,6,12-13,19H2,1H3,(H,20,22). The van der Waals surface area contributed by atoms with Gasteiger partial charge >= 0.3 is 6.09 Å². The molecule has 0 spiro atoms. The van der Waals surface area contributed by atoms with E-state index in [1.165, 1.54) is 0 Å². The van der Waals surface area contributed by atoms with Gasteiger partial charge in [0.15, 0.2) is 0 Å². The minimum atomic E-state index is -0.421. The van der Waals surface area contributed by atoms with Gasteiger partial charge in [-0.25, -0.2) is 4.79 Å². The summed E-state index contributed by atoms with van der Waals surface area (Å²) in [5.41, 5.74) is 9.11. The van der Waals surface area contributed by atoms with Crippen LogP contribution in [-0.2, 0) is 11.3 Å². The molecule has 5 heteroatoms. The number of carbonyl (C=O) groups is 1. The summed E-state index contributed by atoms with van der Waals surface area (Å²) in [4.78, 5) is 15.9. The largest absolute Gasteiger partial charge is 0.445 e. The van der Waals surface area contributed by atoms with E-state index in [1.54, 1.807) is 0 Å². The number of anilines is 1. The van der Waals surface area contributed by atoms with Crippen LogP contribution in [0.1, 0.15) is 23.4 Å². The number of nitrogens with two attached hydrogens (primary N) is 1. The molecule has 1 amide bonds. The monoisotopic (exact) mass is 311 g/mol. The summed E-state index contributed by atoms with van der Waals surface area (Å²) in [5.74, 6) is 0. The van der Waals surface area contributed by atoms with Gasteiger partial charge in [0.1, 0.15) is 6.61 Å². The first kappa shape index (κ1) is 16.5. The fourth-order valence-electron chi connectivity index (χ4n) is 1.95. The van der Waals surface area contributed by atoms with Gasteiger partial charge in [0.25, 0.3) is 0 Å². The highest BCUT2D eigenvalue weighted by Gasteiger charge is 2.01. The van der Waals surface area contributed by atoms with E-state index in [-0.39, 0.29) is 6.61 Å². The van der Waals surface area contributed by atoms with Crippen molar-refractivity contribution in [2.24, 2.45) is 0 Å². The molecule has 0 unspecified atom stereocenters. The van der Waals surface area contributed by atoms with Gasteiger partial charge in [-0.3, -0.25) is 4.98 Å². The average Bonchev–Trinajstić information content (AvgIpc) is 2.56. The van der Waals surface area contributed by atoms with Gasteiger partial charge in [-0.1, -0.05) is 36.4 Å². The molecular formula is C18H21N3O2. The van der Waals surface area contributed by atoms with Crippen LogP contribution in [0.15, 0.2) is 48.5 Å². The van der Waals surface area contributed by atoms with Crippen molar-refractivity contribution in [3.63, 3.8) is 0 Å². The molecule has 3 N–H and O–H groups in total. The maximum Gasteiger partial charge on any atom is 0.407 e. The van der Waals surface area contributed by atoms with Crippen LogP contribution in [0.3, 0.4) is 0 Å². The molecule has 0 atom stereocenters. The second-order valence-electron chi connectivity index (χ2n) is 5.11. The Morgan fingerprint density at radius 1 is 1.26 bits per heavy atom. The summed E-state index contributed by atoms with van der Waals surface area (Å²) in [7, 11) is 0. The van der Waals surface area contributed by atoms with Crippen LogP contribution in [-0.4, -0.2) is 17.6 Å². The van der Waals surface area contributed by atoms with Gasteiger partial charge in [0, 0.05) is 12.2 Å². The molecule has 120 valence electrons. The molecule has 0 radical (unpaired) electrons. The molecule has 1 aromatic carbocycles. The number of alkyl carbamates (subject to hydrolysis) is 1. The number of rotatable bonds is 6. The van der Waals surface area contributed by atoms with E-state index in [9.17, 15) is 4.79 Å². The number of carbonyl (C=O) groups excluding carboxylic acids is 1. The number of pyridine rings is 1. The lowest BCUT2D eigenvalue weighted by Gasteiger charge is -2.06. The fourth-order valence-corrected chi connectivity index (χ4v) is 1.95. The van der Waals surface area contributed by atoms with Crippen molar-refractivity contribution in [2.75, 3.05) is 12.3 Å². The number of benzene rings is 1. The van der Waals surface area contributed by atoms with E-state index in [2.05, 4.69) is 10.3 Å². The van der Waals surface area contributed by atoms with Crippen molar-refractivity contribution in [1.82, 2.24) is 10.3 Å². The van der Waals surface area contributed by atoms with E-state index in [4.69, 9.17) is 10.5 Å². The summed E-state index contributed by atoms with van der Waals surface area (Å²) in [5, 5.41) is 2.70. The number of aryl methyl sites for hydroxylation is 1. The molecule has 5 nitrogen and oxygen atoms in total. The van der Waals surface area contributed by atoms with E-state index in [0.29, 0.717) is 18.7 Å². The lowest BCUT2D eigenvalue weighted by atomic mass is 10.2. The van der Waals surface area contributed by atoms with Crippen molar-refractivity contribution >= 4 is 17.9 Å². The number of nitrogens with one attached hydrogen (secondary N) is 1. The van der Waals surface area contributed by atoms with Crippen LogP contribution in [0.5, 0.6) is 0 Å². The molecule has 1 heterocycles. The van der Waals surface area contributed by atoms with E-state index in [0.717, 1.165) is 17.0 Å². The van der Waals surface area contributed by atoms with Crippen LogP contribution < -0.4 is 11.1 Å². The molecule has 23 heavy (non-hydrogen) atoms. The molecule has 0 bridgehead atoms. The maximum atomic E-state index is 11.6.